The van der Waals surface area contributed by atoms with Crippen LogP contribution >= 0.6 is 15.9 Å². The summed E-state index contributed by atoms with van der Waals surface area (Å²) >= 11 is 3.30. The van der Waals surface area contributed by atoms with Gasteiger partial charge in [0.2, 0.25) is 0 Å². The van der Waals surface area contributed by atoms with Gasteiger partial charge in [-0.05, 0) is 46.1 Å². The van der Waals surface area contributed by atoms with Crippen molar-refractivity contribution in [1.82, 2.24) is 14.8 Å². The summed E-state index contributed by atoms with van der Waals surface area (Å²) in [6.45, 7) is 4.67. The number of carbonyl (C=O) groups excluding carboxylic acids is 1. The molecule has 1 aliphatic heterocycles. The van der Waals surface area contributed by atoms with Crippen LogP contribution in [0.5, 0.6) is 5.75 Å². The van der Waals surface area contributed by atoms with Crippen molar-refractivity contribution in [2.75, 3.05) is 26.3 Å². The molecule has 0 atom stereocenters. The number of morpholine rings is 1. The molecule has 0 spiro atoms. The molecule has 3 aromatic rings. The van der Waals surface area contributed by atoms with E-state index in [1.165, 1.54) is 6.07 Å². The second kappa shape index (κ2) is 11.7. The summed E-state index contributed by atoms with van der Waals surface area (Å²) < 4.78 is 39.7. The minimum absolute atomic E-state index is 0.112. The second-order valence-electron chi connectivity index (χ2n) is 8.45. The fraction of sp³-hybridized carbons (Fsp3) is 0.308. The summed E-state index contributed by atoms with van der Waals surface area (Å²) in [5.41, 5.74) is 2.43. The fourth-order valence-corrected chi connectivity index (χ4v) is 4.25. The van der Waals surface area contributed by atoms with Crippen molar-refractivity contribution >= 4 is 22.0 Å². The number of pyridine rings is 1. The third-order valence-electron chi connectivity index (χ3n) is 5.92. The molecule has 1 N–H and O–H groups in total. The van der Waals surface area contributed by atoms with Gasteiger partial charge in [-0.3, -0.25) is 4.79 Å². The summed E-state index contributed by atoms with van der Waals surface area (Å²) in [4.78, 5) is 27.0. The van der Waals surface area contributed by atoms with Gasteiger partial charge in [-0.25, -0.2) is 13.6 Å². The molecule has 10 heteroatoms. The van der Waals surface area contributed by atoms with Crippen LogP contribution in [0.3, 0.4) is 0 Å². The highest BCUT2D eigenvalue weighted by Gasteiger charge is 2.16. The van der Waals surface area contributed by atoms with Crippen LogP contribution in [-0.2, 0) is 24.4 Å². The number of benzene rings is 2. The van der Waals surface area contributed by atoms with E-state index in [9.17, 15) is 18.4 Å². The third-order valence-corrected chi connectivity index (χ3v) is 6.65. The van der Waals surface area contributed by atoms with Crippen LogP contribution in [0.15, 0.2) is 57.8 Å². The van der Waals surface area contributed by atoms with E-state index >= 15 is 0 Å². The third kappa shape index (κ3) is 6.30. The summed E-state index contributed by atoms with van der Waals surface area (Å²) in [7, 11) is 0. The van der Waals surface area contributed by atoms with E-state index in [1.54, 1.807) is 22.5 Å². The van der Waals surface area contributed by atoms with E-state index in [0.29, 0.717) is 45.1 Å². The predicted molar refractivity (Wildman–Crippen MR) is 134 cm³/mol. The minimum Gasteiger partial charge on any atom is -0.487 e. The predicted octanol–water partition coefficient (Wildman–Crippen LogP) is 4.37. The molecule has 0 unspecified atom stereocenters. The van der Waals surface area contributed by atoms with Gasteiger partial charge in [0, 0.05) is 43.0 Å². The first-order valence-corrected chi connectivity index (χ1v) is 12.3. The zero-order valence-corrected chi connectivity index (χ0v) is 21.3. The Morgan fingerprint density at radius 1 is 1.08 bits per heavy atom. The summed E-state index contributed by atoms with van der Waals surface area (Å²) in [5.74, 6) is -1.09. The zero-order chi connectivity index (χ0) is 25.7. The van der Waals surface area contributed by atoms with Crippen LogP contribution in [0.4, 0.5) is 13.6 Å². The maximum Gasteiger partial charge on any atom is 0.317 e. The number of aryl methyl sites for hydroxylation is 1. The molecule has 190 valence electrons. The molecule has 2 aromatic carbocycles. The topological polar surface area (TPSA) is 72.8 Å². The first-order valence-electron chi connectivity index (χ1n) is 11.5. The van der Waals surface area contributed by atoms with E-state index in [4.69, 9.17) is 9.47 Å². The molecular weight excluding hydrogens is 536 g/mol. The van der Waals surface area contributed by atoms with E-state index in [1.807, 2.05) is 24.3 Å². The smallest absolute Gasteiger partial charge is 0.317 e. The van der Waals surface area contributed by atoms with Gasteiger partial charge >= 0.3 is 6.03 Å². The molecule has 7 nitrogen and oxygen atoms in total. The number of halogens is 3. The Morgan fingerprint density at radius 3 is 2.47 bits per heavy atom. The minimum atomic E-state index is -0.708. The molecule has 1 fully saturated rings. The lowest BCUT2D eigenvalue weighted by atomic mass is 10.1. The van der Waals surface area contributed by atoms with Crippen LogP contribution in [-0.4, -0.2) is 41.8 Å². The zero-order valence-electron chi connectivity index (χ0n) is 19.7. The largest absolute Gasteiger partial charge is 0.487 e. The quantitative estimate of drug-likeness (QED) is 0.465. The van der Waals surface area contributed by atoms with Gasteiger partial charge in [0.05, 0.1) is 19.8 Å². The number of ether oxygens (including phenoxy) is 2. The summed E-state index contributed by atoms with van der Waals surface area (Å²) in [5, 5.41) is 2.91. The van der Waals surface area contributed by atoms with Crippen molar-refractivity contribution in [3.63, 3.8) is 0 Å². The van der Waals surface area contributed by atoms with Crippen molar-refractivity contribution in [1.29, 1.82) is 0 Å². The van der Waals surface area contributed by atoms with Crippen molar-refractivity contribution in [3.05, 3.63) is 97.4 Å². The molecule has 2 heterocycles. The average Bonchev–Trinajstić information content (AvgIpc) is 2.88. The van der Waals surface area contributed by atoms with Gasteiger partial charge in [-0.1, -0.05) is 24.3 Å². The average molecular weight is 562 g/mol. The molecular formula is C26H26BrF2N3O4. The number of aromatic nitrogens is 1. The first kappa shape index (κ1) is 25.8. The highest BCUT2D eigenvalue weighted by atomic mass is 79.9. The lowest BCUT2D eigenvalue weighted by Gasteiger charge is -2.26. The number of amides is 2. The van der Waals surface area contributed by atoms with E-state index in [2.05, 4.69) is 21.2 Å². The molecule has 0 bridgehead atoms. The monoisotopic (exact) mass is 561 g/mol. The molecule has 36 heavy (non-hydrogen) atoms. The summed E-state index contributed by atoms with van der Waals surface area (Å²) in [6.07, 6.45) is 0. The standard InChI is InChI=1S/C26H26BrF2N3O4/c1-17-12-23(36-16-20-6-7-21(28)13-22(20)29)24(27)25(33)32(17)15-19-4-2-18(3-5-19)14-30-26(34)31-8-10-35-11-9-31/h2-7,12-13H,8-11,14-16H2,1H3,(H,30,34). The summed E-state index contributed by atoms with van der Waals surface area (Å²) in [6, 6.07) is 12.5. The van der Waals surface area contributed by atoms with Gasteiger partial charge in [-0.15, -0.1) is 0 Å². The number of urea groups is 1. The molecule has 4 rings (SSSR count). The van der Waals surface area contributed by atoms with Crippen molar-refractivity contribution in [2.45, 2.75) is 26.6 Å². The van der Waals surface area contributed by atoms with Crippen LogP contribution in [0, 0.1) is 18.6 Å². The van der Waals surface area contributed by atoms with Crippen LogP contribution < -0.4 is 15.6 Å². The van der Waals surface area contributed by atoms with Crippen molar-refractivity contribution < 1.29 is 23.0 Å². The first-order chi connectivity index (χ1) is 17.3. The van der Waals surface area contributed by atoms with Gasteiger partial charge < -0.3 is 24.3 Å². The lowest BCUT2D eigenvalue weighted by molar-refractivity contribution is 0.0531. The van der Waals surface area contributed by atoms with Crippen LogP contribution in [0.1, 0.15) is 22.4 Å². The van der Waals surface area contributed by atoms with Crippen molar-refractivity contribution in [3.8, 4) is 5.75 Å². The fourth-order valence-electron chi connectivity index (χ4n) is 3.81. The van der Waals surface area contributed by atoms with Crippen molar-refractivity contribution in [2.24, 2.45) is 0 Å². The van der Waals surface area contributed by atoms with E-state index < -0.39 is 11.6 Å². The van der Waals surface area contributed by atoms with Gasteiger partial charge in [0.1, 0.15) is 28.5 Å². The molecule has 1 aliphatic rings. The number of rotatable bonds is 7. The lowest BCUT2D eigenvalue weighted by Crippen LogP contribution is -2.45. The van der Waals surface area contributed by atoms with E-state index in [-0.39, 0.29) is 34.0 Å². The Hall–Kier alpha value is -3.24. The van der Waals surface area contributed by atoms with Gasteiger partial charge in [0.15, 0.2) is 0 Å². The second-order valence-corrected chi connectivity index (χ2v) is 9.25. The Labute approximate surface area is 215 Å². The normalized spacial score (nSPS) is 13.5. The Balaban J connectivity index is 1.38. The Kier molecular flexibility index (Phi) is 8.37. The highest BCUT2D eigenvalue weighted by Crippen LogP contribution is 2.24. The highest BCUT2D eigenvalue weighted by molar-refractivity contribution is 9.10. The number of hydrogen-bond donors (Lipinski definition) is 1. The molecule has 2 amide bonds. The number of carbonyl (C=O) groups is 1. The maximum atomic E-state index is 13.9. The molecule has 0 saturated carbocycles. The van der Waals surface area contributed by atoms with E-state index in [0.717, 1.165) is 23.3 Å². The number of nitrogens with zero attached hydrogens (tertiary/aromatic N) is 2. The number of hydrogen-bond acceptors (Lipinski definition) is 4. The molecule has 1 aromatic heterocycles. The van der Waals surface area contributed by atoms with Crippen LogP contribution in [0.2, 0.25) is 0 Å². The molecule has 0 aliphatic carbocycles. The number of nitrogens with one attached hydrogen (secondary N) is 1. The Morgan fingerprint density at radius 2 is 1.78 bits per heavy atom. The SMILES string of the molecule is Cc1cc(OCc2ccc(F)cc2F)c(Br)c(=O)n1Cc1ccc(CNC(=O)N2CCOCC2)cc1. The van der Waals surface area contributed by atoms with Gasteiger partial charge in [-0.2, -0.15) is 0 Å². The van der Waals surface area contributed by atoms with Crippen LogP contribution in [0.25, 0.3) is 0 Å². The molecule has 0 radical (unpaired) electrons. The molecule has 1 saturated heterocycles. The van der Waals surface area contributed by atoms with Gasteiger partial charge in [0.25, 0.3) is 5.56 Å². The maximum absolute atomic E-state index is 13.9. The Bertz CT molecular complexity index is 1290.